The third-order valence-corrected chi connectivity index (χ3v) is 3.41. The van der Waals surface area contributed by atoms with Crippen molar-refractivity contribution in [3.05, 3.63) is 65.7 Å². The standard InChI is InChI=1S/C18H22N2O2/c1-15-8-6-7-9-16(15)14-20(2)18(21)19-12-13-22-17-10-4-3-5-11-17/h3-11H,12-14H2,1-2H3,(H,19,21). The van der Waals surface area contributed by atoms with Gasteiger partial charge in [0.15, 0.2) is 0 Å². The van der Waals surface area contributed by atoms with Crippen LogP contribution in [-0.2, 0) is 6.54 Å². The van der Waals surface area contributed by atoms with E-state index in [1.807, 2.05) is 48.5 Å². The Balaban J connectivity index is 1.71. The summed E-state index contributed by atoms with van der Waals surface area (Å²) in [5.74, 6) is 0.810. The summed E-state index contributed by atoms with van der Waals surface area (Å²) in [6, 6.07) is 17.6. The van der Waals surface area contributed by atoms with Crippen molar-refractivity contribution in [2.24, 2.45) is 0 Å². The molecule has 0 fully saturated rings. The Labute approximate surface area is 131 Å². The Morgan fingerprint density at radius 3 is 2.50 bits per heavy atom. The van der Waals surface area contributed by atoms with Crippen molar-refractivity contribution < 1.29 is 9.53 Å². The third-order valence-electron chi connectivity index (χ3n) is 3.41. The molecule has 0 aliphatic heterocycles. The van der Waals surface area contributed by atoms with E-state index in [1.165, 1.54) is 5.56 Å². The normalized spacial score (nSPS) is 10.1. The Kier molecular flexibility index (Phi) is 5.83. The molecule has 0 saturated carbocycles. The summed E-state index contributed by atoms with van der Waals surface area (Å²) >= 11 is 0. The molecule has 0 aliphatic rings. The van der Waals surface area contributed by atoms with E-state index in [0.29, 0.717) is 19.7 Å². The molecule has 0 aromatic heterocycles. The Morgan fingerprint density at radius 2 is 1.77 bits per heavy atom. The number of para-hydroxylation sites is 1. The number of hydrogen-bond acceptors (Lipinski definition) is 2. The number of rotatable bonds is 6. The molecule has 0 atom stereocenters. The summed E-state index contributed by atoms with van der Waals surface area (Å²) in [5, 5.41) is 2.85. The number of amides is 2. The molecule has 0 bridgehead atoms. The van der Waals surface area contributed by atoms with Crippen molar-refractivity contribution in [3.8, 4) is 5.75 Å². The predicted molar refractivity (Wildman–Crippen MR) is 88.0 cm³/mol. The van der Waals surface area contributed by atoms with E-state index < -0.39 is 0 Å². The van der Waals surface area contributed by atoms with Crippen LogP contribution in [0.15, 0.2) is 54.6 Å². The maximum atomic E-state index is 12.0. The second-order valence-electron chi connectivity index (χ2n) is 5.18. The number of carbonyl (C=O) groups is 1. The van der Waals surface area contributed by atoms with Crippen molar-refractivity contribution in [2.75, 3.05) is 20.2 Å². The van der Waals surface area contributed by atoms with Gasteiger partial charge in [-0.15, -0.1) is 0 Å². The fourth-order valence-corrected chi connectivity index (χ4v) is 2.09. The molecule has 2 aromatic carbocycles. The zero-order chi connectivity index (χ0) is 15.8. The van der Waals surface area contributed by atoms with Gasteiger partial charge in [-0.3, -0.25) is 0 Å². The third kappa shape index (κ3) is 4.81. The number of hydrogen-bond donors (Lipinski definition) is 1. The molecule has 0 radical (unpaired) electrons. The van der Waals surface area contributed by atoms with Crippen molar-refractivity contribution in [1.29, 1.82) is 0 Å². The molecule has 2 amide bonds. The highest BCUT2D eigenvalue weighted by atomic mass is 16.5. The molecule has 0 saturated heterocycles. The minimum absolute atomic E-state index is 0.0973. The van der Waals surface area contributed by atoms with Crippen molar-refractivity contribution in [2.45, 2.75) is 13.5 Å². The number of nitrogens with zero attached hydrogens (tertiary/aromatic N) is 1. The molecule has 0 heterocycles. The lowest BCUT2D eigenvalue weighted by Gasteiger charge is -2.19. The van der Waals surface area contributed by atoms with Crippen LogP contribution in [-0.4, -0.2) is 31.1 Å². The van der Waals surface area contributed by atoms with Gasteiger partial charge in [-0.1, -0.05) is 42.5 Å². The molecule has 2 aromatic rings. The lowest BCUT2D eigenvalue weighted by molar-refractivity contribution is 0.203. The lowest BCUT2D eigenvalue weighted by atomic mass is 10.1. The van der Waals surface area contributed by atoms with Crippen molar-refractivity contribution in [3.63, 3.8) is 0 Å². The van der Waals surface area contributed by atoms with Gasteiger partial charge in [0.05, 0.1) is 6.54 Å². The number of nitrogens with one attached hydrogen (secondary N) is 1. The highest BCUT2D eigenvalue weighted by Crippen LogP contribution is 2.09. The molecular weight excluding hydrogens is 276 g/mol. The van der Waals surface area contributed by atoms with Gasteiger partial charge in [0.25, 0.3) is 0 Å². The Hall–Kier alpha value is -2.49. The summed E-state index contributed by atoms with van der Waals surface area (Å²) in [5.41, 5.74) is 2.34. The second-order valence-corrected chi connectivity index (χ2v) is 5.18. The van der Waals surface area contributed by atoms with E-state index in [4.69, 9.17) is 4.74 Å². The number of ether oxygens (including phenoxy) is 1. The predicted octanol–water partition coefficient (Wildman–Crippen LogP) is 3.22. The van der Waals surface area contributed by atoms with E-state index in [-0.39, 0.29) is 6.03 Å². The summed E-state index contributed by atoms with van der Waals surface area (Å²) in [6.07, 6.45) is 0. The maximum absolute atomic E-state index is 12.0. The number of carbonyl (C=O) groups excluding carboxylic acids is 1. The molecule has 4 heteroatoms. The quantitative estimate of drug-likeness (QED) is 0.832. The molecule has 0 unspecified atom stereocenters. The molecule has 2 rings (SSSR count). The van der Waals surface area contributed by atoms with Crippen LogP contribution < -0.4 is 10.1 Å². The highest BCUT2D eigenvalue weighted by molar-refractivity contribution is 5.73. The molecule has 1 N–H and O–H groups in total. The van der Waals surface area contributed by atoms with E-state index in [0.717, 1.165) is 11.3 Å². The molecular formula is C18H22N2O2. The van der Waals surface area contributed by atoms with Crippen LogP contribution in [0.1, 0.15) is 11.1 Å². The largest absolute Gasteiger partial charge is 0.492 e. The average molecular weight is 298 g/mol. The van der Waals surface area contributed by atoms with E-state index >= 15 is 0 Å². The van der Waals surface area contributed by atoms with Crippen LogP contribution in [0.25, 0.3) is 0 Å². The molecule has 116 valence electrons. The first-order valence-electron chi connectivity index (χ1n) is 7.38. The fourth-order valence-electron chi connectivity index (χ4n) is 2.09. The maximum Gasteiger partial charge on any atom is 0.317 e. The van der Waals surface area contributed by atoms with Crippen LogP contribution in [0, 0.1) is 6.92 Å². The molecule has 0 aliphatic carbocycles. The van der Waals surface area contributed by atoms with Gasteiger partial charge in [0, 0.05) is 13.6 Å². The first-order valence-corrected chi connectivity index (χ1v) is 7.38. The summed E-state index contributed by atoms with van der Waals surface area (Å²) in [4.78, 5) is 13.7. The van der Waals surface area contributed by atoms with Gasteiger partial charge in [0.2, 0.25) is 0 Å². The van der Waals surface area contributed by atoms with Crippen molar-refractivity contribution in [1.82, 2.24) is 10.2 Å². The minimum Gasteiger partial charge on any atom is -0.492 e. The number of aryl methyl sites for hydroxylation is 1. The van der Waals surface area contributed by atoms with E-state index in [1.54, 1.807) is 11.9 Å². The van der Waals surface area contributed by atoms with Gasteiger partial charge in [-0.05, 0) is 30.2 Å². The van der Waals surface area contributed by atoms with Crippen LogP contribution in [0.3, 0.4) is 0 Å². The number of urea groups is 1. The van der Waals surface area contributed by atoms with Crippen LogP contribution >= 0.6 is 0 Å². The van der Waals surface area contributed by atoms with Crippen molar-refractivity contribution >= 4 is 6.03 Å². The molecule has 4 nitrogen and oxygen atoms in total. The molecule has 22 heavy (non-hydrogen) atoms. The first kappa shape index (κ1) is 15.9. The first-order chi connectivity index (χ1) is 10.7. The fraction of sp³-hybridized carbons (Fsp3) is 0.278. The van der Waals surface area contributed by atoms with Gasteiger partial charge < -0.3 is 15.0 Å². The Bertz CT molecular complexity index is 599. The zero-order valence-corrected chi connectivity index (χ0v) is 13.1. The minimum atomic E-state index is -0.0973. The van der Waals surface area contributed by atoms with Crippen LogP contribution in [0.4, 0.5) is 4.79 Å². The second kappa shape index (κ2) is 8.08. The summed E-state index contributed by atoms with van der Waals surface area (Å²) < 4.78 is 5.54. The number of benzene rings is 2. The van der Waals surface area contributed by atoms with Gasteiger partial charge in [0.1, 0.15) is 12.4 Å². The van der Waals surface area contributed by atoms with Gasteiger partial charge >= 0.3 is 6.03 Å². The highest BCUT2D eigenvalue weighted by Gasteiger charge is 2.09. The lowest BCUT2D eigenvalue weighted by Crippen LogP contribution is -2.38. The van der Waals surface area contributed by atoms with Crippen LogP contribution in [0.5, 0.6) is 5.75 Å². The Morgan fingerprint density at radius 1 is 1.09 bits per heavy atom. The zero-order valence-electron chi connectivity index (χ0n) is 13.1. The summed E-state index contributed by atoms with van der Waals surface area (Å²) in [6.45, 7) is 3.58. The van der Waals surface area contributed by atoms with Crippen LogP contribution in [0.2, 0.25) is 0 Å². The topological polar surface area (TPSA) is 41.6 Å². The summed E-state index contributed by atoms with van der Waals surface area (Å²) in [7, 11) is 1.79. The smallest absolute Gasteiger partial charge is 0.317 e. The average Bonchev–Trinajstić information content (AvgIpc) is 2.54. The van der Waals surface area contributed by atoms with E-state index in [2.05, 4.69) is 18.3 Å². The van der Waals surface area contributed by atoms with Gasteiger partial charge in [-0.2, -0.15) is 0 Å². The SMILES string of the molecule is Cc1ccccc1CN(C)C(=O)NCCOc1ccccc1. The monoisotopic (exact) mass is 298 g/mol. The molecule has 0 spiro atoms. The van der Waals surface area contributed by atoms with E-state index in [9.17, 15) is 4.79 Å². The van der Waals surface area contributed by atoms with Gasteiger partial charge in [-0.25, -0.2) is 4.79 Å².